The predicted octanol–water partition coefficient (Wildman–Crippen LogP) is 1.16. The number of rotatable bonds is 4. The Labute approximate surface area is 81.5 Å². The van der Waals surface area contributed by atoms with Gasteiger partial charge in [-0.2, -0.15) is 0 Å². The number of hydrogen-bond donors (Lipinski definition) is 2. The third kappa shape index (κ3) is 2.55. The van der Waals surface area contributed by atoms with Crippen molar-refractivity contribution in [3.05, 3.63) is 30.7 Å². The molecule has 74 valence electrons. The minimum atomic E-state index is -1.08. The second-order valence-corrected chi connectivity index (χ2v) is 2.76. The van der Waals surface area contributed by atoms with Crippen LogP contribution in [-0.2, 0) is 0 Å². The summed E-state index contributed by atoms with van der Waals surface area (Å²) in [5.41, 5.74) is -0.0678. The number of carboxylic acid groups (broad SMARTS) is 1. The van der Waals surface area contributed by atoms with Crippen molar-refractivity contribution in [2.75, 3.05) is 5.32 Å². The van der Waals surface area contributed by atoms with Gasteiger partial charge in [0.1, 0.15) is 5.82 Å². The van der Waals surface area contributed by atoms with Gasteiger partial charge in [0, 0.05) is 6.04 Å². The second-order valence-electron chi connectivity index (χ2n) is 2.76. The Morgan fingerprint density at radius 1 is 1.64 bits per heavy atom. The van der Waals surface area contributed by atoms with Crippen molar-refractivity contribution >= 4 is 11.8 Å². The summed E-state index contributed by atoms with van der Waals surface area (Å²) in [5.74, 6) is -0.553. The zero-order valence-electron chi connectivity index (χ0n) is 7.77. The summed E-state index contributed by atoms with van der Waals surface area (Å²) in [6, 6.07) is 0.0694. The highest BCUT2D eigenvalue weighted by molar-refractivity contribution is 5.84. The summed E-state index contributed by atoms with van der Waals surface area (Å²) < 4.78 is 0. The Hall–Kier alpha value is -1.91. The van der Waals surface area contributed by atoms with E-state index in [4.69, 9.17) is 5.11 Å². The minimum absolute atomic E-state index is 0.0678. The van der Waals surface area contributed by atoms with Gasteiger partial charge in [-0.25, -0.2) is 14.8 Å². The second kappa shape index (κ2) is 4.36. The molecule has 5 heteroatoms. The van der Waals surface area contributed by atoms with Crippen molar-refractivity contribution in [1.82, 2.24) is 9.97 Å². The van der Waals surface area contributed by atoms with Crippen LogP contribution in [0.2, 0.25) is 0 Å². The summed E-state index contributed by atoms with van der Waals surface area (Å²) in [5, 5.41) is 11.5. The molecule has 1 aromatic heterocycles. The molecule has 1 heterocycles. The predicted molar refractivity (Wildman–Crippen MR) is 52.3 cm³/mol. The summed E-state index contributed by atoms with van der Waals surface area (Å²) >= 11 is 0. The van der Waals surface area contributed by atoms with E-state index in [9.17, 15) is 4.79 Å². The maximum atomic E-state index is 10.5. The van der Waals surface area contributed by atoms with Crippen LogP contribution in [0.3, 0.4) is 0 Å². The largest absolute Gasteiger partial charge is 0.476 e. The maximum absolute atomic E-state index is 10.5. The summed E-state index contributed by atoms with van der Waals surface area (Å²) in [4.78, 5) is 18.0. The fraction of sp³-hybridized carbons (Fsp3) is 0.222. The molecule has 0 aromatic carbocycles. The molecule has 1 rings (SSSR count). The third-order valence-corrected chi connectivity index (χ3v) is 1.60. The van der Waals surface area contributed by atoms with Crippen molar-refractivity contribution < 1.29 is 9.90 Å². The van der Waals surface area contributed by atoms with E-state index in [2.05, 4.69) is 21.9 Å². The van der Waals surface area contributed by atoms with Gasteiger partial charge in [0.2, 0.25) is 0 Å². The van der Waals surface area contributed by atoms with E-state index in [0.29, 0.717) is 5.82 Å². The normalized spacial score (nSPS) is 11.8. The first-order chi connectivity index (χ1) is 6.63. The first-order valence-corrected chi connectivity index (χ1v) is 4.08. The van der Waals surface area contributed by atoms with E-state index in [-0.39, 0.29) is 11.7 Å². The van der Waals surface area contributed by atoms with E-state index in [0.717, 1.165) is 0 Å². The van der Waals surface area contributed by atoms with Crippen LogP contribution in [-0.4, -0.2) is 27.1 Å². The first-order valence-electron chi connectivity index (χ1n) is 4.08. The SMILES string of the molecule is C=CC(C)Nc1cnc(C(=O)O)cn1. The van der Waals surface area contributed by atoms with Crippen LogP contribution in [0.5, 0.6) is 0 Å². The van der Waals surface area contributed by atoms with Crippen molar-refractivity contribution in [2.24, 2.45) is 0 Å². The van der Waals surface area contributed by atoms with Gasteiger partial charge >= 0.3 is 5.97 Å². The summed E-state index contributed by atoms with van der Waals surface area (Å²) in [6.07, 6.45) is 4.30. The van der Waals surface area contributed by atoms with E-state index in [1.807, 2.05) is 6.92 Å². The van der Waals surface area contributed by atoms with Gasteiger partial charge in [-0.1, -0.05) is 6.08 Å². The van der Waals surface area contributed by atoms with Crippen molar-refractivity contribution in [3.8, 4) is 0 Å². The van der Waals surface area contributed by atoms with Crippen LogP contribution >= 0.6 is 0 Å². The van der Waals surface area contributed by atoms with Crippen LogP contribution in [0.15, 0.2) is 25.0 Å². The van der Waals surface area contributed by atoms with Gasteiger partial charge in [-0.15, -0.1) is 6.58 Å². The molecule has 5 nitrogen and oxygen atoms in total. The number of hydrogen-bond acceptors (Lipinski definition) is 4. The van der Waals surface area contributed by atoms with Crippen LogP contribution < -0.4 is 5.32 Å². The van der Waals surface area contributed by atoms with Gasteiger partial charge in [0.05, 0.1) is 12.4 Å². The molecule has 1 unspecified atom stereocenters. The monoisotopic (exact) mass is 193 g/mol. The van der Waals surface area contributed by atoms with Gasteiger partial charge in [-0.05, 0) is 6.92 Å². The Morgan fingerprint density at radius 3 is 2.79 bits per heavy atom. The quantitative estimate of drug-likeness (QED) is 0.702. The molecule has 0 bridgehead atoms. The highest BCUT2D eigenvalue weighted by Gasteiger charge is 2.05. The van der Waals surface area contributed by atoms with Gasteiger partial charge in [0.25, 0.3) is 0 Å². The highest BCUT2D eigenvalue weighted by atomic mass is 16.4. The van der Waals surface area contributed by atoms with Crippen LogP contribution in [0, 0.1) is 0 Å². The van der Waals surface area contributed by atoms with Crippen molar-refractivity contribution in [3.63, 3.8) is 0 Å². The van der Waals surface area contributed by atoms with Crippen LogP contribution in [0.4, 0.5) is 5.82 Å². The van der Waals surface area contributed by atoms with Crippen LogP contribution in [0.1, 0.15) is 17.4 Å². The summed E-state index contributed by atoms with van der Waals surface area (Å²) in [7, 11) is 0. The average Bonchev–Trinajstić information content (AvgIpc) is 2.18. The maximum Gasteiger partial charge on any atom is 0.356 e. The zero-order chi connectivity index (χ0) is 10.6. The first kappa shape index (κ1) is 10.2. The smallest absolute Gasteiger partial charge is 0.356 e. The Morgan fingerprint density at radius 2 is 2.36 bits per heavy atom. The number of aromatic carboxylic acids is 1. The van der Waals surface area contributed by atoms with E-state index < -0.39 is 5.97 Å². The zero-order valence-corrected chi connectivity index (χ0v) is 7.77. The van der Waals surface area contributed by atoms with E-state index in [1.54, 1.807) is 6.08 Å². The van der Waals surface area contributed by atoms with Gasteiger partial charge in [0.15, 0.2) is 5.69 Å². The highest BCUT2D eigenvalue weighted by Crippen LogP contribution is 2.03. The fourth-order valence-corrected chi connectivity index (χ4v) is 0.805. The molecule has 0 aliphatic carbocycles. The lowest BCUT2D eigenvalue weighted by Crippen LogP contribution is -2.13. The standard InChI is InChI=1S/C9H11N3O2/c1-3-6(2)12-8-5-10-7(4-11-8)9(13)14/h3-6H,1H2,2H3,(H,11,12)(H,13,14). The molecule has 0 saturated heterocycles. The molecule has 2 N–H and O–H groups in total. The molecule has 1 aromatic rings. The molecule has 0 fully saturated rings. The van der Waals surface area contributed by atoms with Crippen molar-refractivity contribution in [2.45, 2.75) is 13.0 Å². The molecule has 14 heavy (non-hydrogen) atoms. The lowest BCUT2D eigenvalue weighted by atomic mass is 10.3. The number of carboxylic acids is 1. The third-order valence-electron chi connectivity index (χ3n) is 1.60. The molecular weight excluding hydrogens is 182 g/mol. The number of anilines is 1. The molecule has 0 amide bonds. The van der Waals surface area contributed by atoms with E-state index in [1.165, 1.54) is 12.4 Å². The van der Waals surface area contributed by atoms with E-state index >= 15 is 0 Å². The van der Waals surface area contributed by atoms with Gasteiger partial charge in [-0.3, -0.25) is 0 Å². The lowest BCUT2D eigenvalue weighted by Gasteiger charge is -2.08. The molecule has 0 saturated carbocycles. The summed E-state index contributed by atoms with van der Waals surface area (Å²) in [6.45, 7) is 5.50. The number of aromatic nitrogens is 2. The Balaban J connectivity index is 2.73. The molecule has 0 aliphatic rings. The molecular formula is C9H11N3O2. The minimum Gasteiger partial charge on any atom is -0.476 e. The Kier molecular flexibility index (Phi) is 3.17. The molecule has 0 spiro atoms. The molecule has 0 aliphatic heterocycles. The van der Waals surface area contributed by atoms with Crippen molar-refractivity contribution in [1.29, 1.82) is 0 Å². The average molecular weight is 193 g/mol. The fourth-order valence-electron chi connectivity index (χ4n) is 0.805. The molecule has 1 atom stereocenters. The topological polar surface area (TPSA) is 75.1 Å². The van der Waals surface area contributed by atoms with Crippen LogP contribution in [0.25, 0.3) is 0 Å². The number of carbonyl (C=O) groups is 1. The van der Waals surface area contributed by atoms with Gasteiger partial charge < -0.3 is 10.4 Å². The Bertz CT molecular complexity index is 334. The lowest BCUT2D eigenvalue weighted by molar-refractivity contribution is 0.0690. The number of nitrogens with one attached hydrogen (secondary N) is 1. The molecule has 0 radical (unpaired) electrons. The number of nitrogens with zero attached hydrogens (tertiary/aromatic N) is 2.